The number of hydrogen-bond donors (Lipinski definition) is 2. The molecule has 0 unspecified atom stereocenters. The summed E-state index contributed by atoms with van der Waals surface area (Å²) in [5.41, 5.74) is 9.87. The molecule has 0 saturated heterocycles. The largest absolute Gasteiger partial charge is 0.553 e. The van der Waals surface area contributed by atoms with Gasteiger partial charge in [0.15, 0.2) is 0 Å². The van der Waals surface area contributed by atoms with Gasteiger partial charge in [-0.25, -0.2) is 0 Å². The molecule has 0 bridgehead atoms. The van der Waals surface area contributed by atoms with Gasteiger partial charge in [0.2, 0.25) is 0 Å². The summed E-state index contributed by atoms with van der Waals surface area (Å²) in [6.07, 6.45) is 2.15. The topological polar surface area (TPSA) is 55.5 Å². The van der Waals surface area contributed by atoms with Crippen LogP contribution in [0.5, 0.6) is 0 Å². The molecule has 4 heteroatoms. The van der Waals surface area contributed by atoms with E-state index in [9.17, 15) is 5.11 Å². The summed E-state index contributed by atoms with van der Waals surface area (Å²) in [6.45, 7) is -0.292. The SMILES string of the molecule is N/C=C(\Cc1ccccc1)OB(c1ccccc1)c1cccc(CO)c1. The molecule has 26 heavy (non-hydrogen) atoms. The van der Waals surface area contributed by atoms with Crippen molar-refractivity contribution in [2.24, 2.45) is 5.73 Å². The Morgan fingerprint density at radius 2 is 1.46 bits per heavy atom. The summed E-state index contributed by atoms with van der Waals surface area (Å²) in [6, 6.07) is 27.9. The van der Waals surface area contributed by atoms with Gasteiger partial charge in [-0.3, -0.25) is 0 Å². The van der Waals surface area contributed by atoms with E-state index in [1.807, 2.05) is 72.8 Å². The number of nitrogens with two attached hydrogens (primary N) is 1. The smallest absolute Gasteiger partial charge is 0.426 e. The van der Waals surface area contributed by atoms with Gasteiger partial charge in [0.05, 0.1) is 12.4 Å². The minimum atomic E-state index is -0.291. The number of benzene rings is 3. The fourth-order valence-corrected chi connectivity index (χ4v) is 2.90. The van der Waals surface area contributed by atoms with E-state index in [0.29, 0.717) is 12.2 Å². The molecule has 0 heterocycles. The van der Waals surface area contributed by atoms with Gasteiger partial charge in [-0.05, 0) is 22.1 Å². The summed E-state index contributed by atoms with van der Waals surface area (Å²) in [5, 5.41) is 9.47. The number of rotatable bonds is 7. The molecule has 3 aromatic carbocycles. The molecule has 3 rings (SSSR count). The van der Waals surface area contributed by atoms with Crippen LogP contribution in [-0.4, -0.2) is 12.0 Å². The van der Waals surface area contributed by atoms with Gasteiger partial charge in [0.1, 0.15) is 0 Å². The first-order valence-electron chi connectivity index (χ1n) is 8.66. The molecule has 0 aliphatic rings. The van der Waals surface area contributed by atoms with Gasteiger partial charge < -0.3 is 15.5 Å². The third-order valence-corrected chi connectivity index (χ3v) is 4.21. The molecule has 0 atom stereocenters. The third kappa shape index (κ3) is 4.55. The van der Waals surface area contributed by atoms with Crippen LogP contribution in [-0.2, 0) is 17.7 Å². The minimum Gasteiger partial charge on any atom is -0.553 e. The van der Waals surface area contributed by atoms with Gasteiger partial charge in [-0.15, -0.1) is 0 Å². The molecular weight excluding hydrogens is 321 g/mol. The summed E-state index contributed by atoms with van der Waals surface area (Å²) in [5.74, 6) is 0.708. The Bertz CT molecular complexity index is 850. The van der Waals surface area contributed by atoms with E-state index in [0.717, 1.165) is 22.1 Å². The van der Waals surface area contributed by atoms with Crippen LogP contribution in [0.25, 0.3) is 0 Å². The first-order chi connectivity index (χ1) is 12.8. The van der Waals surface area contributed by atoms with Gasteiger partial charge in [-0.2, -0.15) is 0 Å². The molecule has 130 valence electrons. The van der Waals surface area contributed by atoms with E-state index >= 15 is 0 Å². The molecule has 0 radical (unpaired) electrons. The summed E-state index contributed by atoms with van der Waals surface area (Å²) in [7, 11) is 0. The zero-order valence-electron chi connectivity index (χ0n) is 14.6. The maximum atomic E-state index is 9.47. The molecule has 3 nitrogen and oxygen atoms in total. The van der Waals surface area contributed by atoms with Crippen LogP contribution in [0, 0.1) is 0 Å². The van der Waals surface area contributed by atoms with Crippen LogP contribution in [0.4, 0.5) is 0 Å². The van der Waals surface area contributed by atoms with Gasteiger partial charge >= 0.3 is 6.92 Å². The highest BCUT2D eigenvalue weighted by Gasteiger charge is 2.24. The highest BCUT2D eigenvalue weighted by Crippen LogP contribution is 2.11. The molecule has 0 aliphatic heterocycles. The van der Waals surface area contributed by atoms with Crippen LogP contribution < -0.4 is 16.7 Å². The Morgan fingerprint density at radius 1 is 0.846 bits per heavy atom. The number of aliphatic hydroxyl groups is 1. The van der Waals surface area contributed by atoms with Crippen molar-refractivity contribution in [2.75, 3.05) is 0 Å². The average Bonchev–Trinajstić information content (AvgIpc) is 2.72. The fraction of sp³-hybridized carbons (Fsp3) is 0.0909. The van der Waals surface area contributed by atoms with Crippen molar-refractivity contribution >= 4 is 17.8 Å². The maximum absolute atomic E-state index is 9.47. The Hall–Kier alpha value is -2.98. The third-order valence-electron chi connectivity index (χ3n) is 4.21. The molecule has 0 aromatic heterocycles. The zero-order valence-corrected chi connectivity index (χ0v) is 14.6. The van der Waals surface area contributed by atoms with E-state index in [1.165, 1.54) is 6.20 Å². The number of aliphatic hydroxyl groups excluding tert-OH is 1. The van der Waals surface area contributed by atoms with Crippen molar-refractivity contribution in [2.45, 2.75) is 13.0 Å². The lowest BCUT2D eigenvalue weighted by atomic mass is 9.55. The molecule has 0 aliphatic carbocycles. The van der Waals surface area contributed by atoms with Crippen molar-refractivity contribution in [1.82, 2.24) is 0 Å². The number of hydrogen-bond acceptors (Lipinski definition) is 3. The van der Waals surface area contributed by atoms with Crippen LogP contribution in [0.15, 0.2) is 96.9 Å². The lowest BCUT2D eigenvalue weighted by molar-refractivity contribution is 0.282. The Morgan fingerprint density at radius 3 is 2.12 bits per heavy atom. The normalized spacial score (nSPS) is 11.2. The number of allylic oxidation sites excluding steroid dienone is 1. The van der Waals surface area contributed by atoms with E-state index < -0.39 is 0 Å². The predicted molar refractivity (Wildman–Crippen MR) is 107 cm³/mol. The van der Waals surface area contributed by atoms with Crippen molar-refractivity contribution in [1.29, 1.82) is 0 Å². The second kappa shape index (κ2) is 8.93. The van der Waals surface area contributed by atoms with Crippen molar-refractivity contribution in [3.63, 3.8) is 0 Å². The van der Waals surface area contributed by atoms with Gasteiger partial charge in [0.25, 0.3) is 0 Å². The molecular formula is C22H22BNO2. The molecule has 0 fully saturated rings. The van der Waals surface area contributed by atoms with E-state index in [-0.39, 0.29) is 13.5 Å². The highest BCUT2D eigenvalue weighted by molar-refractivity contribution is 6.80. The first kappa shape index (κ1) is 17.8. The van der Waals surface area contributed by atoms with Gasteiger partial charge in [0, 0.05) is 12.6 Å². The predicted octanol–water partition coefficient (Wildman–Crippen LogP) is 2.34. The zero-order chi connectivity index (χ0) is 18.2. The Kier molecular flexibility index (Phi) is 6.12. The molecule has 3 aromatic rings. The summed E-state index contributed by atoms with van der Waals surface area (Å²) < 4.78 is 6.33. The Labute approximate surface area is 154 Å². The second-order valence-corrected chi connectivity index (χ2v) is 6.11. The van der Waals surface area contributed by atoms with Crippen LogP contribution >= 0.6 is 0 Å². The summed E-state index contributed by atoms with van der Waals surface area (Å²) in [4.78, 5) is 0. The van der Waals surface area contributed by atoms with E-state index in [4.69, 9.17) is 10.4 Å². The summed E-state index contributed by atoms with van der Waals surface area (Å²) >= 11 is 0. The van der Waals surface area contributed by atoms with Crippen molar-refractivity contribution in [3.05, 3.63) is 108 Å². The molecule has 0 spiro atoms. The van der Waals surface area contributed by atoms with Crippen molar-refractivity contribution < 1.29 is 9.76 Å². The van der Waals surface area contributed by atoms with Crippen LogP contribution in [0.2, 0.25) is 0 Å². The molecule has 0 amide bonds. The van der Waals surface area contributed by atoms with Crippen molar-refractivity contribution in [3.8, 4) is 0 Å². The first-order valence-corrected chi connectivity index (χ1v) is 8.66. The van der Waals surface area contributed by atoms with Crippen LogP contribution in [0.3, 0.4) is 0 Å². The minimum absolute atomic E-state index is 0.00104. The second-order valence-electron chi connectivity index (χ2n) is 6.11. The standard InChI is InChI=1S/C22H22BNO2/c24-16-22(15-18-8-3-1-4-9-18)26-23(20-11-5-2-6-12-20)21-13-7-10-19(14-21)17-25/h1-14,16,25H,15,17,24H2/b22-16+. The van der Waals surface area contributed by atoms with Crippen LogP contribution in [0.1, 0.15) is 11.1 Å². The van der Waals surface area contributed by atoms with E-state index in [2.05, 4.69) is 12.1 Å². The maximum Gasteiger partial charge on any atom is 0.426 e. The average molecular weight is 343 g/mol. The van der Waals surface area contributed by atoms with Gasteiger partial charge in [-0.1, -0.05) is 84.9 Å². The molecule has 3 N–H and O–H groups in total. The Balaban J connectivity index is 1.90. The monoisotopic (exact) mass is 343 g/mol. The molecule has 0 saturated carbocycles. The highest BCUT2D eigenvalue weighted by atomic mass is 16.4. The quantitative estimate of drug-likeness (QED) is 0.511. The fourth-order valence-electron chi connectivity index (χ4n) is 2.90. The van der Waals surface area contributed by atoms with E-state index in [1.54, 1.807) is 0 Å². The lowest BCUT2D eigenvalue weighted by Crippen LogP contribution is -2.45. The lowest BCUT2D eigenvalue weighted by Gasteiger charge is -2.19.